The molecular weight excluding hydrogens is 315 g/mol. The number of amidine groups is 1. The van der Waals surface area contributed by atoms with E-state index in [0.29, 0.717) is 12.4 Å². The highest BCUT2D eigenvalue weighted by Gasteiger charge is 2.11. The third-order valence-corrected chi connectivity index (χ3v) is 4.33. The Hall–Kier alpha value is -1.68. The second-order valence-electron chi connectivity index (χ2n) is 4.77. The summed E-state index contributed by atoms with van der Waals surface area (Å²) in [6.07, 6.45) is -2.30. The van der Waals surface area contributed by atoms with Gasteiger partial charge in [-0.3, -0.25) is 10.3 Å². The molecule has 0 amide bonds. The van der Waals surface area contributed by atoms with Crippen LogP contribution in [0.4, 0.5) is 0 Å². The van der Waals surface area contributed by atoms with Crippen molar-refractivity contribution in [2.24, 2.45) is 4.76 Å². The van der Waals surface area contributed by atoms with Crippen LogP contribution in [0.25, 0.3) is 0 Å². The summed E-state index contributed by atoms with van der Waals surface area (Å²) < 4.78 is 10.2. The predicted molar refractivity (Wildman–Crippen MR) is 94.8 cm³/mol. The highest BCUT2D eigenvalue weighted by Crippen LogP contribution is 2.45. The Labute approximate surface area is 136 Å². The van der Waals surface area contributed by atoms with Gasteiger partial charge in [0, 0.05) is 6.66 Å². The molecule has 0 fully saturated rings. The molecule has 0 spiro atoms. The van der Waals surface area contributed by atoms with Gasteiger partial charge in [-0.25, -0.2) is 4.76 Å². The lowest BCUT2D eigenvalue weighted by Gasteiger charge is -2.15. The maximum Gasteiger partial charge on any atom is 0.221 e. The lowest BCUT2D eigenvalue weighted by Crippen LogP contribution is -2.20. The number of hydrogen-bond donors (Lipinski definition) is 1. The Morgan fingerprint density at radius 2 is 1.68 bits per heavy atom. The highest BCUT2D eigenvalue weighted by atomic mass is 32.4. The van der Waals surface area contributed by atoms with Crippen molar-refractivity contribution in [3.63, 3.8) is 0 Å². The average Bonchev–Trinajstić information content (AvgIpc) is 2.48. The zero-order chi connectivity index (χ0) is 15.8. The Bertz CT molecular complexity index is 662. The smallest absolute Gasteiger partial charge is 0.221 e. The topological polar surface area (TPSA) is 42.8 Å². The van der Waals surface area contributed by atoms with Gasteiger partial charge in [0.25, 0.3) is 0 Å². The van der Waals surface area contributed by atoms with E-state index in [1.807, 2.05) is 74.3 Å². The second kappa shape index (κ2) is 8.08. The lowest BCUT2D eigenvalue weighted by molar-refractivity contribution is 0.0709. The number of nitrogens with one attached hydrogen (secondary N) is 1. The molecule has 0 radical (unpaired) electrons. The Morgan fingerprint density at radius 3 is 2.32 bits per heavy atom. The van der Waals surface area contributed by atoms with Gasteiger partial charge in [0.2, 0.25) is 6.42 Å². The number of nitrogens with zero attached hydrogens (tertiary/aromatic N) is 1. The summed E-state index contributed by atoms with van der Waals surface area (Å²) in [5.74, 6) is 1.34. The van der Waals surface area contributed by atoms with Crippen molar-refractivity contribution in [2.75, 3.05) is 6.66 Å². The number of benzene rings is 2. The van der Waals surface area contributed by atoms with E-state index in [9.17, 15) is 0 Å². The molecule has 0 aliphatic rings. The van der Waals surface area contributed by atoms with Crippen molar-refractivity contribution in [3.8, 4) is 5.75 Å². The van der Waals surface area contributed by atoms with Crippen molar-refractivity contribution >= 4 is 24.1 Å². The van der Waals surface area contributed by atoms with Crippen LogP contribution in [-0.2, 0) is 23.3 Å². The number of para-hydroxylation sites is 1. The lowest BCUT2D eigenvalue weighted by atomic mass is 10.2. The van der Waals surface area contributed by atoms with Gasteiger partial charge in [0.05, 0.1) is 6.61 Å². The fourth-order valence-electron chi connectivity index (χ4n) is 1.79. The van der Waals surface area contributed by atoms with E-state index in [1.54, 1.807) is 0 Å². The first-order valence-electron chi connectivity index (χ1n) is 6.86. The quantitative estimate of drug-likeness (QED) is 0.373. The minimum Gasteiger partial charge on any atom is -0.447 e. The third-order valence-electron chi connectivity index (χ3n) is 2.65. The van der Waals surface area contributed by atoms with Crippen molar-refractivity contribution < 1.29 is 9.36 Å². The molecule has 0 aliphatic heterocycles. The fraction of sp³-hybridized carbons (Fsp3) is 0.188. The van der Waals surface area contributed by atoms with Gasteiger partial charge < -0.3 is 4.52 Å². The maximum absolute atomic E-state index is 5.78. The van der Waals surface area contributed by atoms with E-state index in [1.165, 1.54) is 0 Å². The molecule has 22 heavy (non-hydrogen) atoms. The summed E-state index contributed by atoms with van der Waals surface area (Å²) in [6, 6.07) is 19.4. The molecule has 0 bridgehead atoms. The molecule has 4 nitrogen and oxygen atoms in total. The normalized spacial score (nSPS) is 14.2. The highest BCUT2D eigenvalue weighted by molar-refractivity contribution is 8.11. The van der Waals surface area contributed by atoms with Crippen LogP contribution in [0, 0.1) is 0 Å². The van der Waals surface area contributed by atoms with Crippen LogP contribution >= 0.6 is 6.42 Å². The largest absolute Gasteiger partial charge is 0.447 e. The Balaban J connectivity index is 1.86. The number of hydroxylamine groups is 1. The summed E-state index contributed by atoms with van der Waals surface area (Å²) in [7, 11) is 0. The first-order chi connectivity index (χ1) is 10.6. The zero-order valence-electron chi connectivity index (χ0n) is 12.6. The molecule has 6 heteroatoms. The molecule has 1 N–H and O–H groups in total. The summed E-state index contributed by atoms with van der Waals surface area (Å²) in [4.78, 5) is 5.41. The number of rotatable bonds is 6. The first-order valence-corrected chi connectivity index (χ1v) is 9.98. The molecule has 2 aromatic carbocycles. The maximum atomic E-state index is 5.78. The molecule has 0 aromatic heterocycles. The molecule has 1 unspecified atom stereocenters. The van der Waals surface area contributed by atoms with Crippen LogP contribution in [-0.4, -0.2) is 12.5 Å². The monoisotopic (exact) mass is 334 g/mol. The van der Waals surface area contributed by atoms with Crippen molar-refractivity contribution in [1.82, 2.24) is 5.48 Å². The van der Waals surface area contributed by atoms with Crippen molar-refractivity contribution in [1.29, 1.82) is 0 Å². The van der Waals surface area contributed by atoms with Gasteiger partial charge in [0.1, 0.15) is 11.6 Å². The van der Waals surface area contributed by atoms with Gasteiger partial charge in [-0.1, -0.05) is 48.5 Å². The van der Waals surface area contributed by atoms with Gasteiger partial charge in [-0.15, -0.1) is 0 Å². The van der Waals surface area contributed by atoms with Gasteiger partial charge >= 0.3 is 0 Å². The molecule has 1 atom stereocenters. The van der Waals surface area contributed by atoms with E-state index in [0.717, 1.165) is 11.3 Å². The zero-order valence-corrected chi connectivity index (χ0v) is 14.3. The van der Waals surface area contributed by atoms with Crippen LogP contribution in [0.2, 0.25) is 0 Å². The van der Waals surface area contributed by atoms with Crippen LogP contribution in [0.15, 0.2) is 65.4 Å². The Morgan fingerprint density at radius 1 is 1.09 bits per heavy atom. The molecular formula is C16H19N2O2PS. The summed E-state index contributed by atoms with van der Waals surface area (Å²) >= 11 is 5.45. The van der Waals surface area contributed by atoms with E-state index in [2.05, 4.69) is 10.2 Å². The van der Waals surface area contributed by atoms with E-state index < -0.39 is 6.42 Å². The van der Waals surface area contributed by atoms with Gasteiger partial charge in [-0.2, -0.15) is 0 Å². The van der Waals surface area contributed by atoms with E-state index in [4.69, 9.17) is 21.2 Å². The molecule has 0 heterocycles. The molecule has 2 rings (SSSR count). The predicted octanol–water partition coefficient (Wildman–Crippen LogP) is 4.14. The third kappa shape index (κ3) is 5.98. The summed E-state index contributed by atoms with van der Waals surface area (Å²) in [6.45, 7) is 4.10. The fourth-order valence-corrected chi connectivity index (χ4v) is 3.55. The minimum atomic E-state index is -2.30. The van der Waals surface area contributed by atoms with E-state index >= 15 is 0 Å². The van der Waals surface area contributed by atoms with Crippen LogP contribution in [0.1, 0.15) is 12.5 Å². The second-order valence-corrected chi connectivity index (χ2v) is 8.79. The summed E-state index contributed by atoms with van der Waals surface area (Å²) in [5.41, 5.74) is 3.89. The van der Waals surface area contributed by atoms with Crippen LogP contribution in [0.3, 0.4) is 0 Å². The number of hydrogen-bond acceptors (Lipinski definition) is 3. The molecule has 0 saturated carbocycles. The SMILES string of the molecule is C/C(=N\P(C)(=S)Oc1ccccc1)NOCc1ccccc1. The molecule has 2 aromatic rings. The van der Waals surface area contributed by atoms with Crippen LogP contribution < -0.4 is 10.0 Å². The average molecular weight is 334 g/mol. The molecule has 0 saturated heterocycles. The van der Waals surface area contributed by atoms with Gasteiger partial charge in [-0.05, 0) is 36.4 Å². The van der Waals surface area contributed by atoms with Gasteiger partial charge in [0.15, 0.2) is 0 Å². The van der Waals surface area contributed by atoms with Crippen molar-refractivity contribution in [2.45, 2.75) is 13.5 Å². The molecule has 116 valence electrons. The summed E-state index contributed by atoms with van der Waals surface area (Å²) in [5, 5.41) is 0. The van der Waals surface area contributed by atoms with Crippen LogP contribution in [0.5, 0.6) is 5.75 Å². The minimum absolute atomic E-state index is 0.458. The first kappa shape index (κ1) is 16.7. The van der Waals surface area contributed by atoms with Crippen molar-refractivity contribution in [3.05, 3.63) is 66.2 Å². The van der Waals surface area contributed by atoms with E-state index in [-0.39, 0.29) is 0 Å². The Kier molecular flexibility index (Phi) is 6.13. The standard InChI is InChI=1S/C16H19N2O2PS/c1-14(17-19-13-15-9-5-3-6-10-15)18-21(2,22)20-16-11-7-4-8-12-16/h3-12H,13H2,1-2H3,(H,17,18,22). The molecule has 0 aliphatic carbocycles.